The minimum atomic E-state index is -4.52. The fraction of sp³-hybridized carbons (Fsp3) is 0.316. The summed E-state index contributed by atoms with van der Waals surface area (Å²) >= 11 is 0.425. The molecule has 0 aliphatic heterocycles. The van der Waals surface area contributed by atoms with Gasteiger partial charge in [-0.1, -0.05) is 26.0 Å². The van der Waals surface area contributed by atoms with E-state index in [0.29, 0.717) is 11.8 Å². The predicted molar refractivity (Wildman–Crippen MR) is 94.1 cm³/mol. The van der Waals surface area contributed by atoms with Gasteiger partial charge >= 0.3 is 6.18 Å². The largest absolute Gasteiger partial charge is 0.416 e. The molecule has 0 saturated heterocycles. The van der Waals surface area contributed by atoms with Gasteiger partial charge in [-0.15, -0.1) is 11.8 Å². The van der Waals surface area contributed by atoms with Gasteiger partial charge in [0, 0.05) is 18.4 Å². The van der Waals surface area contributed by atoms with Gasteiger partial charge in [0.25, 0.3) is 0 Å². The molecular formula is C19H16F7NOS. The lowest BCUT2D eigenvalue weighted by Gasteiger charge is -2.23. The van der Waals surface area contributed by atoms with Crippen molar-refractivity contribution in [2.24, 2.45) is 5.41 Å². The zero-order chi connectivity index (χ0) is 22.0. The topological polar surface area (TPSA) is 29.1 Å². The maximum atomic E-state index is 13.7. The Hall–Kier alpha value is -2.23. The van der Waals surface area contributed by atoms with Crippen LogP contribution in [0.5, 0.6) is 0 Å². The first-order valence-corrected chi connectivity index (χ1v) is 9.21. The van der Waals surface area contributed by atoms with Crippen LogP contribution >= 0.6 is 11.8 Å². The van der Waals surface area contributed by atoms with Gasteiger partial charge in [-0.05, 0) is 17.7 Å². The van der Waals surface area contributed by atoms with E-state index in [1.807, 2.05) is 0 Å². The highest BCUT2D eigenvalue weighted by Crippen LogP contribution is 2.34. The van der Waals surface area contributed by atoms with Crippen LogP contribution in [0.15, 0.2) is 35.2 Å². The second-order valence-corrected chi connectivity index (χ2v) is 7.84. The summed E-state index contributed by atoms with van der Waals surface area (Å²) in [6, 6.07) is 4.48. The Morgan fingerprint density at radius 3 is 2.14 bits per heavy atom. The summed E-state index contributed by atoms with van der Waals surface area (Å²) in [5.74, 6) is -7.09. The number of benzene rings is 2. The molecule has 2 aromatic carbocycles. The van der Waals surface area contributed by atoms with Crippen molar-refractivity contribution in [3.05, 3.63) is 64.7 Å². The third-order valence-corrected chi connectivity index (χ3v) is 5.48. The number of halogens is 7. The molecule has 0 radical (unpaired) electrons. The van der Waals surface area contributed by atoms with Gasteiger partial charge in [0.2, 0.25) is 5.91 Å². The number of carbonyl (C=O) groups excluding carboxylic acids is 1. The Morgan fingerprint density at radius 1 is 1.00 bits per heavy atom. The summed E-state index contributed by atoms with van der Waals surface area (Å²) in [7, 11) is 0. The van der Waals surface area contributed by atoms with Crippen LogP contribution in [0, 0.1) is 28.7 Å². The Morgan fingerprint density at radius 2 is 1.59 bits per heavy atom. The fourth-order valence-corrected chi connectivity index (χ4v) is 3.36. The van der Waals surface area contributed by atoms with Gasteiger partial charge in [-0.25, -0.2) is 17.6 Å². The molecule has 10 heteroatoms. The van der Waals surface area contributed by atoms with Gasteiger partial charge in [0.15, 0.2) is 23.3 Å². The van der Waals surface area contributed by atoms with E-state index in [4.69, 9.17) is 0 Å². The van der Waals surface area contributed by atoms with Crippen molar-refractivity contribution in [3.63, 3.8) is 0 Å². The van der Waals surface area contributed by atoms with Crippen molar-refractivity contribution >= 4 is 17.7 Å². The molecule has 1 N–H and O–H groups in total. The molecule has 0 aliphatic carbocycles. The van der Waals surface area contributed by atoms with E-state index in [1.165, 1.54) is 26.0 Å². The standard InChI is InChI=1S/C19H16F7NOS/c1-18(2,9-29-16-14(22)12(20)7-13(21)15(16)23)17(28)27-8-10-4-3-5-11(6-10)19(24,25)26/h3-7H,8-9H2,1-2H3,(H,27,28). The van der Waals surface area contributed by atoms with E-state index >= 15 is 0 Å². The van der Waals surface area contributed by atoms with Crippen LogP contribution in [0.4, 0.5) is 30.7 Å². The summed E-state index contributed by atoms with van der Waals surface area (Å²) in [5, 5.41) is 2.45. The molecule has 0 aliphatic rings. The van der Waals surface area contributed by atoms with E-state index in [0.717, 1.165) is 12.1 Å². The average Bonchev–Trinajstić information content (AvgIpc) is 2.64. The normalized spacial score (nSPS) is 12.2. The van der Waals surface area contributed by atoms with Crippen molar-refractivity contribution < 1.29 is 35.5 Å². The van der Waals surface area contributed by atoms with Crippen LogP contribution in [-0.4, -0.2) is 11.7 Å². The quantitative estimate of drug-likeness (QED) is 0.356. The molecule has 0 heterocycles. The molecule has 0 spiro atoms. The fourth-order valence-electron chi connectivity index (χ4n) is 2.28. The minimum absolute atomic E-state index is 0.0850. The van der Waals surface area contributed by atoms with E-state index in [1.54, 1.807) is 0 Å². The number of nitrogens with one attached hydrogen (secondary N) is 1. The van der Waals surface area contributed by atoms with E-state index in [2.05, 4.69) is 5.32 Å². The number of hydrogen-bond donors (Lipinski definition) is 1. The third kappa shape index (κ3) is 5.65. The zero-order valence-corrected chi connectivity index (χ0v) is 16.1. The zero-order valence-electron chi connectivity index (χ0n) is 15.3. The summed E-state index contributed by atoms with van der Waals surface area (Å²) in [6.45, 7) is 2.65. The van der Waals surface area contributed by atoms with Crippen LogP contribution in [-0.2, 0) is 17.5 Å². The Bertz CT molecular complexity index is 886. The molecule has 29 heavy (non-hydrogen) atoms. The van der Waals surface area contributed by atoms with Crippen molar-refractivity contribution in [1.82, 2.24) is 5.32 Å². The van der Waals surface area contributed by atoms with Gasteiger partial charge in [0.1, 0.15) is 0 Å². The Balaban J connectivity index is 2.04. The summed E-state index contributed by atoms with van der Waals surface area (Å²) in [6.07, 6.45) is -4.52. The summed E-state index contributed by atoms with van der Waals surface area (Å²) in [4.78, 5) is 11.5. The highest BCUT2D eigenvalue weighted by molar-refractivity contribution is 7.99. The van der Waals surface area contributed by atoms with E-state index in [-0.39, 0.29) is 23.9 Å². The van der Waals surface area contributed by atoms with Crippen molar-refractivity contribution in [2.75, 3.05) is 5.75 Å². The molecule has 0 unspecified atom stereocenters. The van der Waals surface area contributed by atoms with Crippen LogP contribution in [0.2, 0.25) is 0 Å². The Labute approximate surface area is 166 Å². The monoisotopic (exact) mass is 439 g/mol. The average molecular weight is 439 g/mol. The van der Waals surface area contributed by atoms with Crippen molar-refractivity contribution in [2.45, 2.75) is 31.5 Å². The molecule has 2 aromatic rings. The lowest BCUT2D eigenvalue weighted by molar-refractivity contribution is -0.137. The lowest BCUT2D eigenvalue weighted by atomic mass is 9.95. The molecule has 2 nitrogen and oxygen atoms in total. The van der Waals surface area contributed by atoms with Crippen LogP contribution in [0.25, 0.3) is 0 Å². The molecule has 0 aromatic heterocycles. The molecule has 0 atom stereocenters. The van der Waals surface area contributed by atoms with Gasteiger partial charge in [0.05, 0.1) is 15.9 Å². The number of alkyl halides is 3. The second-order valence-electron chi connectivity index (χ2n) is 6.85. The van der Waals surface area contributed by atoms with Gasteiger partial charge < -0.3 is 5.32 Å². The predicted octanol–water partition coefficient (Wildman–Crippen LogP) is 5.70. The SMILES string of the molecule is CC(C)(CSc1c(F)c(F)cc(F)c1F)C(=O)NCc1cccc(C(F)(F)F)c1. The highest BCUT2D eigenvalue weighted by atomic mass is 32.2. The molecule has 2 rings (SSSR count). The number of amides is 1. The maximum absolute atomic E-state index is 13.7. The van der Waals surface area contributed by atoms with Gasteiger partial charge in [-0.2, -0.15) is 13.2 Å². The molecule has 158 valence electrons. The highest BCUT2D eigenvalue weighted by Gasteiger charge is 2.31. The molecule has 0 bridgehead atoms. The van der Waals surface area contributed by atoms with E-state index < -0.39 is 51.2 Å². The first-order chi connectivity index (χ1) is 13.3. The molecule has 0 saturated carbocycles. The molecule has 1 amide bonds. The van der Waals surface area contributed by atoms with Crippen LogP contribution in [0.3, 0.4) is 0 Å². The molecule has 0 fully saturated rings. The first-order valence-electron chi connectivity index (χ1n) is 8.23. The molecular weight excluding hydrogens is 423 g/mol. The first kappa shape index (κ1) is 23.1. The smallest absolute Gasteiger partial charge is 0.352 e. The Kier molecular flexibility index (Phi) is 6.87. The van der Waals surface area contributed by atoms with Gasteiger partial charge in [-0.3, -0.25) is 4.79 Å². The summed E-state index contributed by atoms with van der Waals surface area (Å²) < 4.78 is 92.2. The lowest BCUT2D eigenvalue weighted by Crippen LogP contribution is -2.38. The second kappa shape index (κ2) is 8.64. The minimum Gasteiger partial charge on any atom is -0.352 e. The van der Waals surface area contributed by atoms with E-state index in [9.17, 15) is 35.5 Å². The number of carbonyl (C=O) groups is 1. The maximum Gasteiger partial charge on any atom is 0.416 e. The number of thioether (sulfide) groups is 1. The number of rotatable bonds is 6. The third-order valence-electron chi connectivity index (χ3n) is 3.97. The van der Waals surface area contributed by atoms with Crippen molar-refractivity contribution in [3.8, 4) is 0 Å². The van der Waals surface area contributed by atoms with Crippen molar-refractivity contribution in [1.29, 1.82) is 0 Å². The summed E-state index contributed by atoms with van der Waals surface area (Å²) in [5.41, 5.74) is -1.90. The van der Waals surface area contributed by atoms with Crippen LogP contribution in [0.1, 0.15) is 25.0 Å². The number of hydrogen-bond acceptors (Lipinski definition) is 2. The van der Waals surface area contributed by atoms with Crippen LogP contribution < -0.4 is 5.32 Å².